The van der Waals surface area contributed by atoms with E-state index in [1.165, 1.54) is 6.07 Å². The molecule has 1 heterocycles. The third kappa shape index (κ3) is 1.67. The summed E-state index contributed by atoms with van der Waals surface area (Å²) in [4.78, 5) is 4.08. The molecule has 2 rings (SSSR count). The Bertz CT molecular complexity index is 534. The molecule has 0 fully saturated rings. The van der Waals surface area contributed by atoms with Crippen molar-refractivity contribution in [3.63, 3.8) is 0 Å². The van der Waals surface area contributed by atoms with E-state index in [0.717, 1.165) is 6.07 Å². The van der Waals surface area contributed by atoms with Crippen LogP contribution in [0.5, 0.6) is 0 Å². The maximum absolute atomic E-state index is 13.5. The van der Waals surface area contributed by atoms with Crippen molar-refractivity contribution in [2.75, 3.05) is 0 Å². The normalized spacial score (nSPS) is 11.6. The quantitative estimate of drug-likeness (QED) is 0.738. The van der Waals surface area contributed by atoms with Gasteiger partial charge >= 0.3 is 0 Å². The minimum atomic E-state index is -0.652. The Morgan fingerprint density at radius 3 is 2.62 bits per heavy atom. The molecule has 0 N–H and O–H groups in total. The van der Waals surface area contributed by atoms with Crippen LogP contribution in [0.4, 0.5) is 8.78 Å². The molecule has 0 radical (unpaired) electrons. The van der Waals surface area contributed by atoms with Crippen LogP contribution in [0.3, 0.4) is 0 Å². The van der Waals surface area contributed by atoms with E-state index in [1.54, 1.807) is 4.57 Å². The van der Waals surface area contributed by atoms with Crippen molar-refractivity contribution in [2.45, 2.75) is 25.8 Å². The summed E-state index contributed by atoms with van der Waals surface area (Å²) in [5, 5.41) is 0. The van der Waals surface area contributed by atoms with Crippen molar-refractivity contribution in [1.82, 2.24) is 9.55 Å². The summed E-state index contributed by atoms with van der Waals surface area (Å²) in [6, 6.07) is 2.17. The second kappa shape index (κ2) is 4.01. The van der Waals surface area contributed by atoms with Gasteiger partial charge in [-0.05, 0) is 19.9 Å². The van der Waals surface area contributed by atoms with Crippen LogP contribution in [0.1, 0.15) is 25.7 Å². The smallest absolute Gasteiger partial charge is 0.153 e. The van der Waals surface area contributed by atoms with Crippen molar-refractivity contribution in [3.05, 3.63) is 29.6 Å². The van der Waals surface area contributed by atoms with E-state index in [9.17, 15) is 8.78 Å². The lowest BCUT2D eigenvalue weighted by Gasteiger charge is -2.11. The number of fused-ring (bicyclic) bond motifs is 1. The van der Waals surface area contributed by atoms with Gasteiger partial charge in [-0.25, -0.2) is 13.8 Å². The highest BCUT2D eigenvalue weighted by Crippen LogP contribution is 2.25. The molecule has 0 bridgehead atoms. The second-order valence-electron chi connectivity index (χ2n) is 3.88. The highest BCUT2D eigenvalue weighted by molar-refractivity contribution is 6.16. The molecule has 0 aliphatic carbocycles. The fraction of sp³-hybridized carbons (Fsp3) is 0.364. The van der Waals surface area contributed by atoms with E-state index in [4.69, 9.17) is 11.6 Å². The zero-order valence-electron chi connectivity index (χ0n) is 8.97. The minimum Gasteiger partial charge on any atom is -0.324 e. The summed E-state index contributed by atoms with van der Waals surface area (Å²) in [6.07, 6.45) is 0. The van der Waals surface area contributed by atoms with Crippen LogP contribution in [0.15, 0.2) is 12.1 Å². The molecule has 86 valence electrons. The van der Waals surface area contributed by atoms with Gasteiger partial charge in [0, 0.05) is 12.1 Å². The number of nitrogens with zero attached hydrogens (tertiary/aromatic N) is 2. The fourth-order valence-corrected chi connectivity index (χ4v) is 2.03. The molecule has 5 heteroatoms. The van der Waals surface area contributed by atoms with E-state index in [2.05, 4.69) is 4.98 Å². The lowest BCUT2D eigenvalue weighted by molar-refractivity contribution is 0.582. The Labute approximate surface area is 96.8 Å². The molecular formula is C11H11ClF2N2. The number of halogens is 3. The molecule has 0 saturated heterocycles. The monoisotopic (exact) mass is 244 g/mol. The lowest BCUT2D eigenvalue weighted by Crippen LogP contribution is -2.04. The van der Waals surface area contributed by atoms with Crippen molar-refractivity contribution >= 4 is 22.6 Å². The van der Waals surface area contributed by atoms with Gasteiger partial charge in [-0.15, -0.1) is 11.6 Å². The van der Waals surface area contributed by atoms with Gasteiger partial charge < -0.3 is 4.57 Å². The van der Waals surface area contributed by atoms with Crippen LogP contribution in [0.2, 0.25) is 0 Å². The number of aromatic nitrogens is 2. The first kappa shape index (κ1) is 11.3. The van der Waals surface area contributed by atoms with Crippen LogP contribution >= 0.6 is 11.6 Å². The minimum absolute atomic E-state index is 0.0555. The maximum Gasteiger partial charge on any atom is 0.153 e. The van der Waals surface area contributed by atoms with E-state index < -0.39 is 11.6 Å². The number of rotatable bonds is 2. The largest absolute Gasteiger partial charge is 0.324 e. The molecule has 0 unspecified atom stereocenters. The molecular weight excluding hydrogens is 234 g/mol. The van der Waals surface area contributed by atoms with Crippen molar-refractivity contribution in [1.29, 1.82) is 0 Å². The SMILES string of the molecule is CC(C)n1c(CCl)nc2c(F)cc(F)cc21. The van der Waals surface area contributed by atoms with Crippen LogP contribution in [-0.2, 0) is 5.88 Å². The van der Waals surface area contributed by atoms with Gasteiger partial charge in [0.15, 0.2) is 5.82 Å². The molecule has 0 aliphatic rings. The van der Waals surface area contributed by atoms with E-state index >= 15 is 0 Å². The van der Waals surface area contributed by atoms with Gasteiger partial charge in [0.05, 0.1) is 11.4 Å². The Balaban J connectivity index is 2.84. The van der Waals surface area contributed by atoms with Gasteiger partial charge in [-0.1, -0.05) is 0 Å². The average molecular weight is 245 g/mol. The third-order valence-corrected chi connectivity index (χ3v) is 2.66. The van der Waals surface area contributed by atoms with E-state index in [-0.39, 0.29) is 17.4 Å². The first-order chi connectivity index (χ1) is 7.54. The zero-order valence-corrected chi connectivity index (χ0v) is 9.72. The second-order valence-corrected chi connectivity index (χ2v) is 4.15. The van der Waals surface area contributed by atoms with E-state index in [1.807, 2.05) is 13.8 Å². The summed E-state index contributed by atoms with van der Waals surface area (Å²) >= 11 is 5.74. The Hall–Kier alpha value is -1.16. The number of hydrogen-bond donors (Lipinski definition) is 0. The molecule has 0 spiro atoms. The summed E-state index contributed by atoms with van der Waals surface area (Å²) in [5.74, 6) is -0.529. The number of benzene rings is 1. The highest BCUT2D eigenvalue weighted by atomic mass is 35.5. The lowest BCUT2D eigenvalue weighted by atomic mass is 10.2. The number of alkyl halides is 1. The maximum atomic E-state index is 13.5. The third-order valence-electron chi connectivity index (χ3n) is 2.42. The van der Waals surface area contributed by atoms with Crippen molar-refractivity contribution < 1.29 is 8.78 Å². The fourth-order valence-electron chi connectivity index (χ4n) is 1.84. The number of hydrogen-bond acceptors (Lipinski definition) is 1. The topological polar surface area (TPSA) is 17.8 Å². The predicted molar refractivity (Wildman–Crippen MR) is 59.6 cm³/mol. The molecule has 0 atom stereocenters. The standard InChI is InChI=1S/C11H11ClF2N2/c1-6(2)16-9-4-7(13)3-8(14)11(9)15-10(16)5-12/h3-4,6H,5H2,1-2H3. The molecule has 16 heavy (non-hydrogen) atoms. The Morgan fingerprint density at radius 1 is 1.38 bits per heavy atom. The Kier molecular flexibility index (Phi) is 2.84. The molecule has 0 aliphatic heterocycles. The summed E-state index contributed by atoms with van der Waals surface area (Å²) in [7, 11) is 0. The van der Waals surface area contributed by atoms with E-state index in [0.29, 0.717) is 11.3 Å². The Morgan fingerprint density at radius 2 is 2.06 bits per heavy atom. The van der Waals surface area contributed by atoms with Gasteiger partial charge in [0.1, 0.15) is 17.2 Å². The predicted octanol–water partition coefficient (Wildman–Crippen LogP) is 3.63. The average Bonchev–Trinajstić information content (AvgIpc) is 2.56. The van der Waals surface area contributed by atoms with Gasteiger partial charge in [0.2, 0.25) is 0 Å². The summed E-state index contributed by atoms with van der Waals surface area (Å²) < 4.78 is 28.4. The molecule has 1 aromatic heterocycles. The molecule has 2 nitrogen and oxygen atoms in total. The molecule has 0 amide bonds. The molecule has 0 saturated carbocycles. The van der Waals surface area contributed by atoms with Crippen LogP contribution in [-0.4, -0.2) is 9.55 Å². The molecule has 1 aromatic carbocycles. The van der Waals surface area contributed by atoms with Gasteiger partial charge in [-0.3, -0.25) is 0 Å². The first-order valence-electron chi connectivity index (χ1n) is 4.96. The summed E-state index contributed by atoms with van der Waals surface area (Å²) in [5.41, 5.74) is 0.619. The van der Waals surface area contributed by atoms with Crippen LogP contribution < -0.4 is 0 Å². The highest BCUT2D eigenvalue weighted by Gasteiger charge is 2.16. The first-order valence-corrected chi connectivity index (χ1v) is 5.50. The van der Waals surface area contributed by atoms with Gasteiger partial charge in [0.25, 0.3) is 0 Å². The zero-order chi connectivity index (χ0) is 11.9. The van der Waals surface area contributed by atoms with Crippen LogP contribution in [0, 0.1) is 11.6 Å². The molecule has 2 aromatic rings. The van der Waals surface area contributed by atoms with Crippen molar-refractivity contribution in [3.8, 4) is 0 Å². The summed E-state index contributed by atoms with van der Waals surface area (Å²) in [6.45, 7) is 3.83. The van der Waals surface area contributed by atoms with Crippen molar-refractivity contribution in [2.24, 2.45) is 0 Å². The van der Waals surface area contributed by atoms with Crippen LogP contribution in [0.25, 0.3) is 11.0 Å². The van der Waals surface area contributed by atoms with Gasteiger partial charge in [-0.2, -0.15) is 0 Å². The number of imidazole rings is 1.